The van der Waals surface area contributed by atoms with Crippen LogP contribution in [0, 0.1) is 5.92 Å². The molecule has 0 amide bonds. The first-order valence-corrected chi connectivity index (χ1v) is 19.8. The number of aliphatic hydroxyl groups is 3. The smallest absolute Gasteiger partial charge is 0.394 e. The number of hydrogen-bond acceptors (Lipinski definition) is 16. The van der Waals surface area contributed by atoms with Crippen LogP contribution in [0.3, 0.4) is 0 Å². The van der Waals surface area contributed by atoms with Crippen molar-refractivity contribution in [1.82, 2.24) is 0 Å². The van der Waals surface area contributed by atoms with Crippen molar-refractivity contribution in [3.8, 4) is 0 Å². The Morgan fingerprint density at radius 1 is 0.596 bits per heavy atom. The molecule has 22 heteroatoms. The lowest BCUT2D eigenvalue weighted by atomic mass is 9.88. The molecule has 0 aliphatic carbocycles. The van der Waals surface area contributed by atoms with Gasteiger partial charge in [0, 0.05) is 32.3 Å². The normalized spacial score (nSPS) is 25.8. The number of phosphoric ester groups is 3. The molecule has 1 aliphatic rings. The van der Waals surface area contributed by atoms with Crippen LogP contribution >= 0.6 is 23.5 Å². The minimum absolute atomic E-state index is 0.0115. The van der Waals surface area contributed by atoms with Crippen LogP contribution in [0.15, 0.2) is 0 Å². The van der Waals surface area contributed by atoms with Gasteiger partial charge >= 0.3 is 23.5 Å². The summed E-state index contributed by atoms with van der Waals surface area (Å²) < 4.78 is 85.9. The van der Waals surface area contributed by atoms with E-state index in [-0.39, 0.29) is 59.3 Å². The van der Waals surface area contributed by atoms with Crippen molar-refractivity contribution in [3.05, 3.63) is 0 Å². The fourth-order valence-corrected chi connectivity index (χ4v) is 6.36. The molecule has 6 N–H and O–H groups in total. The Bertz CT molecular complexity index is 957. The summed E-state index contributed by atoms with van der Waals surface area (Å²) in [5.74, 6) is -0.478. The number of aliphatic hydroxyl groups excluding tert-OH is 3. The molecule has 1 rings (SSSR count). The van der Waals surface area contributed by atoms with Gasteiger partial charge in [-0.25, -0.2) is 13.7 Å². The summed E-state index contributed by atoms with van der Waals surface area (Å²) in [7, 11) is -12.8. The highest BCUT2D eigenvalue weighted by Crippen LogP contribution is 2.45. The van der Waals surface area contributed by atoms with Crippen LogP contribution in [0.25, 0.3) is 0 Å². The van der Waals surface area contributed by atoms with Crippen molar-refractivity contribution in [2.24, 2.45) is 5.92 Å². The highest BCUT2D eigenvalue weighted by Gasteiger charge is 2.41. The van der Waals surface area contributed by atoms with Crippen LogP contribution in [0.1, 0.15) is 46.5 Å². The second-order valence-electron chi connectivity index (χ2n) is 10.7. The van der Waals surface area contributed by atoms with E-state index in [4.69, 9.17) is 46.1 Å². The first-order valence-electron chi connectivity index (χ1n) is 15.3. The molecule has 8 unspecified atom stereocenters. The second kappa shape index (κ2) is 24.3. The minimum Gasteiger partial charge on any atom is -0.394 e. The van der Waals surface area contributed by atoms with Gasteiger partial charge in [-0.1, -0.05) is 6.92 Å². The van der Waals surface area contributed by atoms with Crippen molar-refractivity contribution in [1.29, 1.82) is 0 Å². The van der Waals surface area contributed by atoms with Crippen LogP contribution < -0.4 is 0 Å². The molecular formula is C25H53O19P3. The maximum absolute atomic E-state index is 12.0. The Morgan fingerprint density at radius 2 is 1.02 bits per heavy atom. The molecule has 0 aromatic rings. The summed E-state index contributed by atoms with van der Waals surface area (Å²) in [5, 5.41) is 29.2. The molecule has 0 aromatic carbocycles. The summed E-state index contributed by atoms with van der Waals surface area (Å²) in [4.78, 5) is 28.9. The number of rotatable bonds is 29. The molecule has 0 saturated carbocycles. The lowest BCUT2D eigenvalue weighted by Crippen LogP contribution is -2.55. The van der Waals surface area contributed by atoms with Crippen LogP contribution in [0.5, 0.6) is 0 Å². The molecule has 1 saturated heterocycles. The van der Waals surface area contributed by atoms with E-state index in [1.165, 1.54) is 0 Å². The van der Waals surface area contributed by atoms with Crippen LogP contribution in [-0.4, -0.2) is 140 Å². The highest BCUT2D eigenvalue weighted by molar-refractivity contribution is 7.47. The van der Waals surface area contributed by atoms with E-state index in [0.717, 1.165) is 0 Å². The van der Waals surface area contributed by atoms with Gasteiger partial charge < -0.3 is 48.9 Å². The fourth-order valence-electron chi connectivity index (χ4n) is 3.87. The van der Waals surface area contributed by atoms with Gasteiger partial charge in [-0.2, -0.15) is 0 Å². The average molecular weight is 751 g/mol. The standard InChI is InChI=1S/C25H53O19P3/c1-20(2)44-47(33,34)41-13-6-11-36-9-4-8-35-10-5-12-38-45(29,30)39-14-7-15-40-46(31,32)42-17-16-37-19-23-21(3)24(27)25(28)22(18-26)43-23/h20-28H,4-19H2,1-3H3,(H,29,30)(H,31,32)(H,33,34). The molecule has 1 fully saturated rings. The molecule has 282 valence electrons. The lowest BCUT2D eigenvalue weighted by molar-refractivity contribution is -0.216. The predicted octanol–water partition coefficient (Wildman–Crippen LogP) is 1.52. The van der Waals surface area contributed by atoms with Crippen LogP contribution in [0.4, 0.5) is 0 Å². The molecule has 0 spiro atoms. The Hall–Kier alpha value is 0.0500. The molecule has 0 aromatic heterocycles. The molecule has 0 bridgehead atoms. The molecule has 8 atom stereocenters. The summed E-state index contributed by atoms with van der Waals surface area (Å²) in [6.07, 6.45) is -3.00. The lowest BCUT2D eigenvalue weighted by Gasteiger charge is -2.40. The van der Waals surface area contributed by atoms with Crippen molar-refractivity contribution >= 4 is 23.5 Å². The highest BCUT2D eigenvalue weighted by atomic mass is 31.2. The van der Waals surface area contributed by atoms with E-state index in [1.54, 1.807) is 20.8 Å². The molecule has 19 nitrogen and oxygen atoms in total. The van der Waals surface area contributed by atoms with Gasteiger partial charge in [-0.15, -0.1) is 0 Å². The minimum atomic E-state index is -4.43. The van der Waals surface area contributed by atoms with Crippen LogP contribution in [0.2, 0.25) is 0 Å². The van der Waals surface area contributed by atoms with Gasteiger partial charge in [0.15, 0.2) is 0 Å². The number of phosphoric acid groups is 3. The van der Waals surface area contributed by atoms with E-state index < -0.39 is 66.5 Å². The summed E-state index contributed by atoms with van der Waals surface area (Å²) >= 11 is 0. The van der Waals surface area contributed by atoms with Crippen molar-refractivity contribution in [2.45, 2.75) is 77.0 Å². The van der Waals surface area contributed by atoms with E-state index in [0.29, 0.717) is 39.1 Å². The summed E-state index contributed by atoms with van der Waals surface area (Å²) in [6.45, 7) is 4.72. The maximum atomic E-state index is 12.0. The van der Waals surface area contributed by atoms with E-state index in [9.17, 15) is 43.7 Å². The zero-order valence-electron chi connectivity index (χ0n) is 27.1. The fraction of sp³-hybridized carbons (Fsp3) is 1.00. The van der Waals surface area contributed by atoms with Gasteiger partial charge in [0.2, 0.25) is 0 Å². The Morgan fingerprint density at radius 3 is 1.49 bits per heavy atom. The SMILES string of the molecule is CC(C)OP(=O)(O)OCCCOCCCOCCCOP(=O)(O)OCCCOP(=O)(O)OCCOCC1OC(CO)C(O)C(O)C1C. The molecule has 47 heavy (non-hydrogen) atoms. The number of hydrogen-bond donors (Lipinski definition) is 6. The zero-order valence-corrected chi connectivity index (χ0v) is 29.8. The van der Waals surface area contributed by atoms with Gasteiger partial charge in [0.1, 0.15) is 12.2 Å². The van der Waals surface area contributed by atoms with Gasteiger partial charge in [-0.05, 0) is 39.5 Å². The molecule has 1 aliphatic heterocycles. The largest absolute Gasteiger partial charge is 0.472 e. The Balaban J connectivity index is 1.99. The summed E-state index contributed by atoms with van der Waals surface area (Å²) in [6, 6.07) is 0. The molecule has 0 radical (unpaired) electrons. The number of ether oxygens (including phenoxy) is 4. The predicted molar refractivity (Wildman–Crippen MR) is 163 cm³/mol. The molecular weight excluding hydrogens is 697 g/mol. The Kier molecular flexibility index (Phi) is 23.3. The summed E-state index contributed by atoms with van der Waals surface area (Å²) in [5.41, 5.74) is 0. The zero-order chi connectivity index (χ0) is 35.3. The van der Waals surface area contributed by atoms with Crippen molar-refractivity contribution < 1.29 is 89.8 Å². The third-order valence-electron chi connectivity index (χ3n) is 6.24. The van der Waals surface area contributed by atoms with Crippen LogP contribution in [-0.2, 0) is 59.8 Å². The van der Waals surface area contributed by atoms with E-state index in [1.807, 2.05) is 0 Å². The third kappa shape index (κ3) is 21.8. The quantitative estimate of drug-likeness (QED) is 0.0467. The van der Waals surface area contributed by atoms with E-state index >= 15 is 0 Å². The Labute approximate surface area is 275 Å². The van der Waals surface area contributed by atoms with Gasteiger partial charge in [0.05, 0.1) is 71.2 Å². The molecule has 1 heterocycles. The first-order chi connectivity index (χ1) is 22.1. The monoisotopic (exact) mass is 750 g/mol. The van der Waals surface area contributed by atoms with E-state index in [2.05, 4.69) is 0 Å². The van der Waals surface area contributed by atoms with Crippen molar-refractivity contribution in [2.75, 3.05) is 79.3 Å². The topological polar surface area (TPSA) is 265 Å². The third-order valence-corrected chi connectivity index (χ3v) is 9.48. The second-order valence-corrected chi connectivity index (χ2v) is 15.0. The van der Waals surface area contributed by atoms with Gasteiger partial charge in [0.25, 0.3) is 0 Å². The maximum Gasteiger partial charge on any atom is 0.472 e. The average Bonchev–Trinajstić information content (AvgIpc) is 2.98. The van der Waals surface area contributed by atoms with Crippen molar-refractivity contribution in [3.63, 3.8) is 0 Å². The first kappa shape index (κ1) is 45.1. The van der Waals surface area contributed by atoms with Gasteiger partial charge in [-0.3, -0.25) is 27.1 Å².